The minimum absolute atomic E-state index is 0.451. The molecule has 1 aromatic carbocycles. The molecule has 1 atom stereocenters. The van der Waals surface area contributed by atoms with Crippen LogP contribution in [0.2, 0.25) is 0 Å². The van der Waals surface area contributed by atoms with Crippen LogP contribution >= 0.6 is 0 Å². The average Bonchev–Trinajstić information content (AvgIpc) is 2.45. The topological polar surface area (TPSA) is 37.0 Å². The van der Waals surface area contributed by atoms with Gasteiger partial charge in [-0.05, 0) is 31.3 Å². The molecule has 3 nitrogen and oxygen atoms in total. The van der Waals surface area contributed by atoms with Gasteiger partial charge < -0.3 is 10.6 Å². The van der Waals surface area contributed by atoms with Gasteiger partial charge in [0.15, 0.2) is 0 Å². The molecule has 2 N–H and O–H groups in total. The highest BCUT2D eigenvalue weighted by Gasteiger charge is 2.04. The van der Waals surface area contributed by atoms with Crippen LogP contribution in [0.1, 0.15) is 26.0 Å². The van der Waals surface area contributed by atoms with Crippen LogP contribution in [0.5, 0.6) is 0 Å². The van der Waals surface area contributed by atoms with Crippen LogP contribution in [0.3, 0.4) is 0 Å². The van der Waals surface area contributed by atoms with Crippen molar-refractivity contribution in [3.63, 3.8) is 0 Å². The molecule has 0 fully saturated rings. The molecule has 19 heavy (non-hydrogen) atoms. The van der Waals surface area contributed by atoms with Gasteiger partial charge >= 0.3 is 0 Å². The van der Waals surface area contributed by atoms with E-state index in [0.717, 1.165) is 25.3 Å². The van der Waals surface area contributed by atoms with Gasteiger partial charge in [-0.2, -0.15) is 0 Å². The van der Waals surface area contributed by atoms with Gasteiger partial charge in [-0.15, -0.1) is 0 Å². The van der Waals surface area contributed by atoms with Crippen LogP contribution in [0.4, 0.5) is 0 Å². The smallest absolute Gasteiger partial charge is 0.0619 e. The summed E-state index contributed by atoms with van der Waals surface area (Å²) in [7, 11) is 0. The Bertz CT molecular complexity index is 505. The highest BCUT2D eigenvalue weighted by atomic mass is 15.0. The van der Waals surface area contributed by atoms with Crippen molar-refractivity contribution in [3.8, 4) is 0 Å². The summed E-state index contributed by atoms with van der Waals surface area (Å²) in [5.41, 5.74) is 1.13. The lowest BCUT2D eigenvalue weighted by Gasteiger charge is -2.15. The van der Waals surface area contributed by atoms with Crippen molar-refractivity contribution in [3.05, 3.63) is 42.2 Å². The van der Waals surface area contributed by atoms with E-state index in [2.05, 4.69) is 59.8 Å². The molecule has 0 bridgehead atoms. The summed E-state index contributed by atoms with van der Waals surface area (Å²) in [6.45, 7) is 7.28. The van der Waals surface area contributed by atoms with E-state index in [1.807, 2.05) is 6.20 Å². The molecular weight excluding hydrogens is 234 g/mol. The number of pyridine rings is 1. The molecule has 0 aliphatic carbocycles. The minimum Gasteiger partial charge on any atom is -0.315 e. The Morgan fingerprint density at radius 3 is 2.89 bits per heavy atom. The number of nitrogens with one attached hydrogen (secondary N) is 2. The highest BCUT2D eigenvalue weighted by molar-refractivity contribution is 5.84. The fraction of sp³-hybridized carbons (Fsp3) is 0.438. The molecule has 1 unspecified atom stereocenters. The van der Waals surface area contributed by atoms with Crippen molar-refractivity contribution in [2.24, 2.45) is 0 Å². The van der Waals surface area contributed by atoms with Crippen molar-refractivity contribution < 1.29 is 0 Å². The number of rotatable bonds is 7. The van der Waals surface area contributed by atoms with E-state index in [9.17, 15) is 0 Å². The predicted octanol–water partition coefficient (Wildman–Crippen LogP) is 2.71. The van der Waals surface area contributed by atoms with Crippen LogP contribution in [-0.4, -0.2) is 24.1 Å². The highest BCUT2D eigenvalue weighted by Crippen LogP contribution is 2.15. The normalized spacial score (nSPS) is 12.7. The lowest BCUT2D eigenvalue weighted by Crippen LogP contribution is -2.36. The van der Waals surface area contributed by atoms with E-state index in [1.165, 1.54) is 17.2 Å². The monoisotopic (exact) mass is 257 g/mol. The zero-order valence-corrected chi connectivity index (χ0v) is 11.8. The maximum absolute atomic E-state index is 4.49. The second-order valence-electron chi connectivity index (χ2n) is 4.96. The number of benzene rings is 1. The fourth-order valence-corrected chi connectivity index (χ4v) is 2.16. The molecule has 2 rings (SSSR count). The Morgan fingerprint density at radius 1 is 1.21 bits per heavy atom. The minimum atomic E-state index is 0.451. The molecule has 0 saturated heterocycles. The van der Waals surface area contributed by atoms with Gasteiger partial charge in [-0.3, -0.25) is 4.98 Å². The molecule has 2 aromatic rings. The molecule has 1 heterocycles. The van der Waals surface area contributed by atoms with Crippen LogP contribution < -0.4 is 10.6 Å². The summed E-state index contributed by atoms with van der Waals surface area (Å²) in [6.07, 6.45) is 3.07. The molecular formula is C16H23N3. The maximum atomic E-state index is 4.49. The first-order chi connectivity index (χ1) is 9.31. The number of aromatic nitrogens is 1. The third kappa shape index (κ3) is 4.01. The van der Waals surface area contributed by atoms with Crippen LogP contribution in [-0.2, 0) is 6.54 Å². The van der Waals surface area contributed by atoms with E-state index in [1.54, 1.807) is 0 Å². The Morgan fingerprint density at radius 2 is 2.05 bits per heavy atom. The Balaban J connectivity index is 1.94. The van der Waals surface area contributed by atoms with Crippen molar-refractivity contribution in [2.45, 2.75) is 32.9 Å². The third-order valence-corrected chi connectivity index (χ3v) is 3.25. The van der Waals surface area contributed by atoms with Crippen molar-refractivity contribution in [1.82, 2.24) is 15.6 Å². The van der Waals surface area contributed by atoms with E-state index in [0.29, 0.717) is 6.04 Å². The molecule has 0 amide bonds. The summed E-state index contributed by atoms with van der Waals surface area (Å²) in [6, 6.07) is 10.9. The van der Waals surface area contributed by atoms with Gasteiger partial charge in [0, 0.05) is 30.7 Å². The predicted molar refractivity (Wildman–Crippen MR) is 81.2 cm³/mol. The van der Waals surface area contributed by atoms with Crippen LogP contribution in [0.15, 0.2) is 36.5 Å². The Labute approximate surface area is 115 Å². The molecule has 102 valence electrons. The Hall–Kier alpha value is -1.45. The van der Waals surface area contributed by atoms with Crippen LogP contribution in [0.25, 0.3) is 10.8 Å². The molecule has 0 spiro atoms. The van der Waals surface area contributed by atoms with Gasteiger partial charge in [-0.1, -0.05) is 31.2 Å². The van der Waals surface area contributed by atoms with Gasteiger partial charge in [0.05, 0.1) is 5.69 Å². The fourth-order valence-electron chi connectivity index (χ4n) is 2.16. The molecule has 0 radical (unpaired) electrons. The van der Waals surface area contributed by atoms with Crippen molar-refractivity contribution >= 4 is 10.8 Å². The number of hydrogen-bond acceptors (Lipinski definition) is 3. The summed E-state index contributed by atoms with van der Waals surface area (Å²) in [4.78, 5) is 4.49. The van der Waals surface area contributed by atoms with Crippen LogP contribution in [0, 0.1) is 0 Å². The largest absolute Gasteiger partial charge is 0.315 e. The second kappa shape index (κ2) is 7.22. The molecule has 1 aromatic heterocycles. The number of hydrogen-bond donors (Lipinski definition) is 2. The standard InChI is InChI=1S/C16H23N3/c1-3-9-17-11-13(2)19-12-16-15-7-5-4-6-14(15)8-10-18-16/h4-8,10,13,17,19H,3,9,11-12H2,1-2H3. The first-order valence-corrected chi connectivity index (χ1v) is 7.08. The summed E-state index contributed by atoms with van der Waals surface area (Å²) in [5.74, 6) is 0. The zero-order chi connectivity index (χ0) is 13.5. The summed E-state index contributed by atoms with van der Waals surface area (Å²) >= 11 is 0. The summed E-state index contributed by atoms with van der Waals surface area (Å²) in [5, 5.41) is 9.45. The lowest BCUT2D eigenvalue weighted by molar-refractivity contribution is 0.499. The molecule has 0 aliphatic rings. The van der Waals surface area contributed by atoms with Gasteiger partial charge in [0.25, 0.3) is 0 Å². The maximum Gasteiger partial charge on any atom is 0.0619 e. The SMILES string of the molecule is CCCNCC(C)NCc1nccc2ccccc12. The number of nitrogens with zero attached hydrogens (tertiary/aromatic N) is 1. The second-order valence-corrected chi connectivity index (χ2v) is 4.96. The zero-order valence-electron chi connectivity index (χ0n) is 11.8. The first kappa shape index (κ1) is 14.0. The first-order valence-electron chi connectivity index (χ1n) is 7.08. The van der Waals surface area contributed by atoms with Gasteiger partial charge in [0.1, 0.15) is 0 Å². The quantitative estimate of drug-likeness (QED) is 0.749. The van der Waals surface area contributed by atoms with Gasteiger partial charge in [-0.25, -0.2) is 0 Å². The van der Waals surface area contributed by atoms with E-state index < -0.39 is 0 Å². The molecule has 3 heteroatoms. The molecule has 0 aliphatic heterocycles. The van der Waals surface area contributed by atoms with Crippen molar-refractivity contribution in [1.29, 1.82) is 0 Å². The molecule has 0 saturated carbocycles. The van der Waals surface area contributed by atoms with E-state index in [4.69, 9.17) is 0 Å². The number of fused-ring (bicyclic) bond motifs is 1. The third-order valence-electron chi connectivity index (χ3n) is 3.25. The van der Waals surface area contributed by atoms with E-state index >= 15 is 0 Å². The Kier molecular flexibility index (Phi) is 5.31. The van der Waals surface area contributed by atoms with Crippen molar-refractivity contribution in [2.75, 3.05) is 13.1 Å². The van der Waals surface area contributed by atoms with Gasteiger partial charge in [0.2, 0.25) is 0 Å². The van der Waals surface area contributed by atoms with E-state index in [-0.39, 0.29) is 0 Å². The lowest BCUT2D eigenvalue weighted by atomic mass is 10.1. The average molecular weight is 257 g/mol. The summed E-state index contributed by atoms with van der Waals surface area (Å²) < 4.78 is 0.